The second kappa shape index (κ2) is 18.8. The standard InChI is InChI=1S/C28H40N6O4.C2H4O2/c1-18(2)16-23(22(26(36)34-38)11-7-10-19-8-5-4-6-9-19)25(35)33-24(27(37)31-3)17-20-12-14-21(15-13-20)32-28(29)30;1-2(3)4/h4-6,8-9,12-15,18,22-24,38H,7,10-11,16-17H2,1-3H3,(H,31,37)(H,33,35)(H,34,36)(H4,29,30,32);1H3,(H,3,4)/t22-,23+,24-;/m0./s1. The fourth-order valence-electron chi connectivity index (χ4n) is 4.48. The fraction of sp³-hybridized carbons (Fsp3) is 0.433. The van der Waals surface area contributed by atoms with Crippen LogP contribution in [0.1, 0.15) is 51.2 Å². The molecule has 0 saturated heterocycles. The van der Waals surface area contributed by atoms with Crippen LogP contribution in [0.15, 0.2) is 59.6 Å². The Morgan fingerprint density at radius 1 is 0.881 bits per heavy atom. The number of hydrogen-bond donors (Lipinski definition) is 7. The average molecular weight is 585 g/mol. The van der Waals surface area contributed by atoms with Crippen molar-refractivity contribution in [2.24, 2.45) is 34.2 Å². The van der Waals surface area contributed by atoms with Crippen molar-refractivity contribution in [3.8, 4) is 0 Å². The van der Waals surface area contributed by atoms with E-state index in [4.69, 9.17) is 21.4 Å². The van der Waals surface area contributed by atoms with Crippen molar-refractivity contribution in [3.63, 3.8) is 0 Å². The minimum atomic E-state index is -0.863. The normalized spacial score (nSPS) is 12.5. The van der Waals surface area contributed by atoms with E-state index < -0.39 is 35.7 Å². The van der Waals surface area contributed by atoms with Crippen LogP contribution in [0.5, 0.6) is 0 Å². The van der Waals surface area contributed by atoms with E-state index in [0.717, 1.165) is 24.5 Å². The molecule has 0 radical (unpaired) electrons. The van der Waals surface area contributed by atoms with Crippen LogP contribution in [0.2, 0.25) is 0 Å². The molecular formula is C30H44N6O6. The van der Waals surface area contributed by atoms with Crippen molar-refractivity contribution >= 4 is 35.3 Å². The number of aryl methyl sites for hydroxylation is 1. The molecule has 2 rings (SSSR count). The fourth-order valence-corrected chi connectivity index (χ4v) is 4.48. The lowest BCUT2D eigenvalue weighted by Crippen LogP contribution is -2.51. The molecular weight excluding hydrogens is 540 g/mol. The number of nitrogens with zero attached hydrogens (tertiary/aromatic N) is 1. The van der Waals surface area contributed by atoms with E-state index in [-0.39, 0.29) is 24.2 Å². The van der Waals surface area contributed by atoms with Crippen molar-refractivity contribution < 1.29 is 29.5 Å². The molecule has 12 nitrogen and oxygen atoms in total. The summed E-state index contributed by atoms with van der Waals surface area (Å²) in [5.74, 6) is -3.64. The summed E-state index contributed by atoms with van der Waals surface area (Å²) in [7, 11) is 1.50. The van der Waals surface area contributed by atoms with E-state index >= 15 is 0 Å². The molecule has 9 N–H and O–H groups in total. The van der Waals surface area contributed by atoms with Crippen molar-refractivity contribution in [2.75, 3.05) is 7.05 Å². The molecule has 0 unspecified atom stereocenters. The molecule has 0 spiro atoms. The molecule has 0 saturated carbocycles. The summed E-state index contributed by atoms with van der Waals surface area (Å²) < 4.78 is 0. The number of carbonyl (C=O) groups excluding carboxylic acids is 3. The summed E-state index contributed by atoms with van der Waals surface area (Å²) in [5.41, 5.74) is 15.1. The van der Waals surface area contributed by atoms with Crippen LogP contribution < -0.4 is 27.6 Å². The highest BCUT2D eigenvalue weighted by Crippen LogP contribution is 2.27. The summed E-state index contributed by atoms with van der Waals surface area (Å²) in [4.78, 5) is 52.0. The molecule has 3 atom stereocenters. The number of carboxylic acid groups (broad SMARTS) is 1. The summed E-state index contributed by atoms with van der Waals surface area (Å²) in [6.45, 7) is 5.01. The number of carbonyl (C=O) groups is 4. The Labute approximate surface area is 246 Å². The smallest absolute Gasteiger partial charge is 0.300 e. The molecule has 0 heterocycles. The Hall–Kier alpha value is -4.45. The van der Waals surface area contributed by atoms with E-state index in [2.05, 4.69) is 15.6 Å². The molecule has 42 heavy (non-hydrogen) atoms. The number of amides is 3. The number of benzene rings is 2. The van der Waals surface area contributed by atoms with Gasteiger partial charge in [-0.05, 0) is 54.9 Å². The topological polar surface area (TPSA) is 209 Å². The molecule has 0 aliphatic heterocycles. The largest absolute Gasteiger partial charge is 0.481 e. The first kappa shape index (κ1) is 35.6. The van der Waals surface area contributed by atoms with Gasteiger partial charge in [-0.3, -0.25) is 24.4 Å². The number of guanidine groups is 1. The molecule has 3 amide bonds. The number of carboxylic acids is 1. The van der Waals surface area contributed by atoms with Gasteiger partial charge in [0.1, 0.15) is 6.04 Å². The van der Waals surface area contributed by atoms with Gasteiger partial charge in [0.15, 0.2) is 5.96 Å². The lowest BCUT2D eigenvalue weighted by molar-refractivity contribution is -0.142. The first-order valence-corrected chi connectivity index (χ1v) is 13.8. The van der Waals surface area contributed by atoms with Gasteiger partial charge in [-0.1, -0.05) is 56.3 Å². The number of hydroxylamine groups is 1. The van der Waals surface area contributed by atoms with Gasteiger partial charge < -0.3 is 27.2 Å². The maximum atomic E-state index is 13.6. The van der Waals surface area contributed by atoms with Gasteiger partial charge in [0, 0.05) is 26.3 Å². The minimum absolute atomic E-state index is 0.0605. The number of hydrogen-bond acceptors (Lipinski definition) is 6. The molecule has 0 aliphatic rings. The minimum Gasteiger partial charge on any atom is -0.481 e. The van der Waals surface area contributed by atoms with Crippen molar-refractivity contribution in [1.82, 2.24) is 16.1 Å². The van der Waals surface area contributed by atoms with E-state index in [0.29, 0.717) is 24.9 Å². The molecule has 2 aromatic rings. The molecule has 0 aromatic heterocycles. The van der Waals surface area contributed by atoms with Gasteiger partial charge in [-0.25, -0.2) is 10.5 Å². The number of nitrogens with two attached hydrogens (primary N) is 2. The predicted octanol–water partition coefficient (Wildman–Crippen LogP) is 2.26. The number of aliphatic imine (C=N–C) groups is 1. The molecule has 12 heteroatoms. The summed E-state index contributed by atoms with van der Waals surface area (Å²) in [5, 5.41) is 22.3. The van der Waals surface area contributed by atoms with Gasteiger partial charge in [0.2, 0.25) is 17.7 Å². The van der Waals surface area contributed by atoms with Gasteiger partial charge >= 0.3 is 0 Å². The lowest BCUT2D eigenvalue weighted by atomic mass is 9.80. The predicted molar refractivity (Wildman–Crippen MR) is 161 cm³/mol. The molecule has 230 valence electrons. The van der Waals surface area contributed by atoms with Crippen LogP contribution >= 0.6 is 0 Å². The van der Waals surface area contributed by atoms with Gasteiger partial charge in [0.25, 0.3) is 5.97 Å². The Bertz CT molecular complexity index is 1160. The third-order valence-electron chi connectivity index (χ3n) is 6.33. The SMILES string of the molecule is CC(=O)O.CNC(=O)[C@H](Cc1ccc(N=C(N)N)cc1)NC(=O)[C@H](CC(C)C)[C@H](CCCc1ccccc1)C(=O)NO. The summed E-state index contributed by atoms with van der Waals surface area (Å²) in [6.07, 6.45) is 2.45. The third-order valence-corrected chi connectivity index (χ3v) is 6.33. The second-order valence-corrected chi connectivity index (χ2v) is 10.3. The van der Waals surface area contributed by atoms with Crippen LogP contribution in [0.3, 0.4) is 0 Å². The zero-order chi connectivity index (χ0) is 31.7. The van der Waals surface area contributed by atoms with Crippen molar-refractivity contribution in [3.05, 3.63) is 65.7 Å². The first-order valence-electron chi connectivity index (χ1n) is 13.8. The average Bonchev–Trinajstić information content (AvgIpc) is 2.94. The van der Waals surface area contributed by atoms with Gasteiger partial charge in [-0.2, -0.15) is 0 Å². The Kier molecular flexibility index (Phi) is 15.9. The first-order chi connectivity index (χ1) is 19.9. The molecule has 0 aliphatic carbocycles. The summed E-state index contributed by atoms with van der Waals surface area (Å²) in [6, 6.07) is 16.0. The maximum Gasteiger partial charge on any atom is 0.300 e. The van der Waals surface area contributed by atoms with Gasteiger partial charge in [-0.15, -0.1) is 0 Å². The highest BCUT2D eigenvalue weighted by molar-refractivity contribution is 5.91. The van der Waals surface area contributed by atoms with Crippen molar-refractivity contribution in [1.29, 1.82) is 0 Å². The Morgan fingerprint density at radius 2 is 1.48 bits per heavy atom. The molecule has 2 aromatic carbocycles. The molecule has 0 fully saturated rings. The number of aliphatic carboxylic acids is 1. The Balaban J connectivity index is 0.00000206. The monoisotopic (exact) mass is 584 g/mol. The van der Waals surface area contributed by atoms with Crippen LogP contribution in [-0.4, -0.2) is 53.1 Å². The van der Waals surface area contributed by atoms with Crippen LogP contribution in [0.25, 0.3) is 0 Å². The lowest BCUT2D eigenvalue weighted by Gasteiger charge is -2.28. The van der Waals surface area contributed by atoms with Crippen molar-refractivity contribution in [2.45, 2.75) is 58.9 Å². The zero-order valence-corrected chi connectivity index (χ0v) is 24.7. The molecule has 0 bridgehead atoms. The van der Waals surface area contributed by atoms with E-state index in [1.807, 2.05) is 44.2 Å². The number of rotatable bonds is 14. The Morgan fingerprint density at radius 3 is 1.98 bits per heavy atom. The highest BCUT2D eigenvalue weighted by Gasteiger charge is 2.35. The van der Waals surface area contributed by atoms with Crippen LogP contribution in [-0.2, 0) is 32.0 Å². The maximum absolute atomic E-state index is 13.6. The summed E-state index contributed by atoms with van der Waals surface area (Å²) >= 11 is 0. The highest BCUT2D eigenvalue weighted by atomic mass is 16.5. The van der Waals surface area contributed by atoms with E-state index in [9.17, 15) is 19.6 Å². The quantitative estimate of drug-likeness (QED) is 0.0756. The van der Waals surface area contributed by atoms with E-state index in [1.54, 1.807) is 29.7 Å². The van der Waals surface area contributed by atoms with Crippen LogP contribution in [0.4, 0.5) is 5.69 Å². The number of nitrogens with one attached hydrogen (secondary N) is 3. The third kappa shape index (κ3) is 13.8. The number of likely N-dealkylation sites (N-methyl/N-ethyl adjacent to an activating group) is 1. The second-order valence-electron chi connectivity index (χ2n) is 10.3. The van der Waals surface area contributed by atoms with Gasteiger partial charge in [0.05, 0.1) is 11.6 Å². The van der Waals surface area contributed by atoms with Crippen LogP contribution in [0, 0.1) is 17.8 Å². The van der Waals surface area contributed by atoms with E-state index in [1.165, 1.54) is 7.05 Å². The zero-order valence-electron chi connectivity index (χ0n) is 24.7.